The van der Waals surface area contributed by atoms with Crippen LogP contribution < -0.4 is 10.1 Å². The number of hydrogen-bond acceptors (Lipinski definition) is 4. The maximum absolute atomic E-state index is 5.28. The number of anilines is 2. The summed E-state index contributed by atoms with van der Waals surface area (Å²) in [5.41, 5.74) is 1.90. The van der Waals surface area contributed by atoms with Crippen LogP contribution in [0.15, 0.2) is 48.8 Å². The van der Waals surface area contributed by atoms with Crippen molar-refractivity contribution in [1.82, 2.24) is 9.97 Å². The second-order valence-corrected chi connectivity index (χ2v) is 4.56. The summed E-state index contributed by atoms with van der Waals surface area (Å²) in [7, 11) is 1.66. The molecular formula is C16H15N3O. The molecule has 3 rings (SSSR count). The minimum absolute atomic E-state index is 0.798. The number of nitrogens with one attached hydrogen (secondary N) is 1. The lowest BCUT2D eigenvalue weighted by Gasteiger charge is -2.09. The van der Waals surface area contributed by atoms with Crippen LogP contribution in [0.1, 0.15) is 5.69 Å². The predicted octanol–water partition coefficient (Wildman–Crippen LogP) is 3.69. The number of fused-ring (bicyclic) bond motifs is 1. The highest BCUT2D eigenvalue weighted by atomic mass is 16.5. The third-order valence-electron chi connectivity index (χ3n) is 3.15. The number of aromatic nitrogens is 2. The molecule has 0 spiro atoms. The predicted molar refractivity (Wildman–Crippen MR) is 80.6 cm³/mol. The van der Waals surface area contributed by atoms with Crippen LogP contribution in [0.5, 0.6) is 5.75 Å². The van der Waals surface area contributed by atoms with Crippen molar-refractivity contribution >= 4 is 22.3 Å². The quantitative estimate of drug-likeness (QED) is 0.784. The molecule has 0 fully saturated rings. The second kappa shape index (κ2) is 5.17. The van der Waals surface area contributed by atoms with Gasteiger partial charge in [-0.25, -0.2) is 4.98 Å². The number of methoxy groups -OCH3 is 1. The van der Waals surface area contributed by atoms with Crippen molar-refractivity contribution in [3.63, 3.8) is 0 Å². The summed E-state index contributed by atoms with van der Waals surface area (Å²) in [5.74, 6) is 1.61. The highest BCUT2D eigenvalue weighted by Gasteiger charge is 2.04. The SMILES string of the molecule is COc1ccc2ccnc(Nc3ccc(C)nc3)c2c1. The van der Waals surface area contributed by atoms with E-state index >= 15 is 0 Å². The summed E-state index contributed by atoms with van der Waals surface area (Å²) >= 11 is 0. The van der Waals surface area contributed by atoms with Gasteiger partial charge >= 0.3 is 0 Å². The molecule has 3 aromatic rings. The number of hydrogen-bond donors (Lipinski definition) is 1. The van der Waals surface area contributed by atoms with Crippen LogP contribution in [0.2, 0.25) is 0 Å². The Morgan fingerprint density at radius 1 is 1.05 bits per heavy atom. The fraction of sp³-hybridized carbons (Fsp3) is 0.125. The van der Waals surface area contributed by atoms with Crippen molar-refractivity contribution in [2.75, 3.05) is 12.4 Å². The molecule has 0 aliphatic heterocycles. The molecule has 0 aliphatic carbocycles. The van der Waals surface area contributed by atoms with Crippen molar-refractivity contribution in [3.8, 4) is 5.75 Å². The Morgan fingerprint density at radius 3 is 2.70 bits per heavy atom. The zero-order valence-corrected chi connectivity index (χ0v) is 11.4. The van der Waals surface area contributed by atoms with E-state index in [0.29, 0.717) is 0 Å². The molecule has 0 bridgehead atoms. The summed E-state index contributed by atoms with van der Waals surface area (Å²) in [6, 6.07) is 11.9. The van der Waals surface area contributed by atoms with Gasteiger partial charge in [-0.1, -0.05) is 6.07 Å². The maximum Gasteiger partial charge on any atom is 0.138 e. The smallest absolute Gasteiger partial charge is 0.138 e. The van der Waals surface area contributed by atoms with Crippen LogP contribution in [-0.4, -0.2) is 17.1 Å². The van der Waals surface area contributed by atoms with E-state index in [2.05, 4.69) is 15.3 Å². The first-order valence-corrected chi connectivity index (χ1v) is 6.39. The minimum Gasteiger partial charge on any atom is -0.497 e. The number of rotatable bonds is 3. The van der Waals surface area contributed by atoms with E-state index in [1.165, 1.54) is 0 Å². The lowest BCUT2D eigenvalue weighted by molar-refractivity contribution is 0.415. The molecule has 0 unspecified atom stereocenters. The molecule has 0 aliphatic rings. The first kappa shape index (κ1) is 12.4. The monoisotopic (exact) mass is 265 g/mol. The molecule has 0 saturated carbocycles. The van der Waals surface area contributed by atoms with Gasteiger partial charge in [0.05, 0.1) is 19.0 Å². The molecule has 1 aromatic carbocycles. The second-order valence-electron chi connectivity index (χ2n) is 4.56. The zero-order chi connectivity index (χ0) is 13.9. The van der Waals surface area contributed by atoms with E-state index < -0.39 is 0 Å². The van der Waals surface area contributed by atoms with E-state index in [1.807, 2.05) is 43.3 Å². The first-order valence-electron chi connectivity index (χ1n) is 6.39. The van der Waals surface area contributed by atoms with E-state index in [9.17, 15) is 0 Å². The molecule has 0 amide bonds. The van der Waals surface area contributed by atoms with Gasteiger partial charge < -0.3 is 10.1 Å². The minimum atomic E-state index is 0.798. The van der Waals surface area contributed by atoms with Crippen molar-refractivity contribution in [3.05, 3.63) is 54.5 Å². The molecule has 0 atom stereocenters. The van der Waals surface area contributed by atoms with Crippen LogP contribution >= 0.6 is 0 Å². The molecule has 2 heterocycles. The summed E-state index contributed by atoms with van der Waals surface area (Å²) < 4.78 is 5.28. The van der Waals surface area contributed by atoms with Gasteiger partial charge in [-0.05, 0) is 42.6 Å². The molecule has 4 nitrogen and oxygen atoms in total. The highest BCUT2D eigenvalue weighted by molar-refractivity contribution is 5.94. The molecule has 2 aromatic heterocycles. The van der Waals surface area contributed by atoms with E-state index in [4.69, 9.17) is 4.74 Å². The Balaban J connectivity index is 2.04. The van der Waals surface area contributed by atoms with Gasteiger partial charge in [-0.15, -0.1) is 0 Å². The molecule has 100 valence electrons. The maximum atomic E-state index is 5.28. The van der Waals surface area contributed by atoms with Crippen LogP contribution in [0.4, 0.5) is 11.5 Å². The average Bonchev–Trinajstić information content (AvgIpc) is 2.49. The topological polar surface area (TPSA) is 47.0 Å². The number of ether oxygens (including phenoxy) is 1. The molecule has 20 heavy (non-hydrogen) atoms. The molecule has 0 radical (unpaired) electrons. The summed E-state index contributed by atoms with van der Waals surface area (Å²) in [5, 5.41) is 5.43. The van der Waals surface area contributed by atoms with E-state index in [-0.39, 0.29) is 0 Å². The number of benzene rings is 1. The summed E-state index contributed by atoms with van der Waals surface area (Å²) in [6.07, 6.45) is 3.59. The standard InChI is InChI=1S/C16H15N3O/c1-11-3-5-13(10-18-11)19-16-15-9-14(20-2)6-4-12(15)7-8-17-16/h3-10H,1-2H3,(H,17,19). The van der Waals surface area contributed by atoms with Crippen molar-refractivity contribution in [2.24, 2.45) is 0 Å². The average molecular weight is 265 g/mol. The van der Waals surface area contributed by atoms with Crippen LogP contribution in [0, 0.1) is 6.92 Å². The Labute approximate surface area is 117 Å². The van der Waals surface area contributed by atoms with Crippen LogP contribution in [-0.2, 0) is 0 Å². The fourth-order valence-corrected chi connectivity index (χ4v) is 2.05. The molecule has 1 N–H and O–H groups in total. The highest BCUT2D eigenvalue weighted by Crippen LogP contribution is 2.27. The fourth-order valence-electron chi connectivity index (χ4n) is 2.05. The Bertz CT molecular complexity index is 738. The van der Waals surface area contributed by atoms with E-state index in [0.717, 1.165) is 33.7 Å². The first-order chi connectivity index (χ1) is 9.76. The van der Waals surface area contributed by atoms with Crippen LogP contribution in [0.3, 0.4) is 0 Å². The Hall–Kier alpha value is -2.62. The normalized spacial score (nSPS) is 10.5. The van der Waals surface area contributed by atoms with Gasteiger partial charge in [0.25, 0.3) is 0 Å². The molecular weight excluding hydrogens is 250 g/mol. The zero-order valence-electron chi connectivity index (χ0n) is 11.4. The van der Waals surface area contributed by atoms with Crippen molar-refractivity contribution < 1.29 is 4.74 Å². The van der Waals surface area contributed by atoms with Gasteiger partial charge in [0, 0.05) is 17.3 Å². The van der Waals surface area contributed by atoms with Crippen molar-refractivity contribution in [1.29, 1.82) is 0 Å². The van der Waals surface area contributed by atoms with Gasteiger partial charge in [0.1, 0.15) is 11.6 Å². The lowest BCUT2D eigenvalue weighted by atomic mass is 10.1. The number of aryl methyl sites for hydroxylation is 1. The van der Waals surface area contributed by atoms with Crippen molar-refractivity contribution in [2.45, 2.75) is 6.92 Å². The summed E-state index contributed by atoms with van der Waals surface area (Å²) in [6.45, 7) is 1.96. The van der Waals surface area contributed by atoms with E-state index in [1.54, 1.807) is 19.5 Å². The Kier molecular flexibility index (Phi) is 3.21. The third kappa shape index (κ3) is 2.40. The van der Waals surface area contributed by atoms with Gasteiger partial charge in [0.2, 0.25) is 0 Å². The largest absolute Gasteiger partial charge is 0.497 e. The Morgan fingerprint density at radius 2 is 1.95 bits per heavy atom. The number of pyridine rings is 2. The molecule has 4 heteroatoms. The van der Waals surface area contributed by atoms with Gasteiger partial charge in [-0.2, -0.15) is 0 Å². The van der Waals surface area contributed by atoms with Gasteiger partial charge in [0.15, 0.2) is 0 Å². The molecule has 0 saturated heterocycles. The van der Waals surface area contributed by atoms with Crippen LogP contribution in [0.25, 0.3) is 10.8 Å². The lowest BCUT2D eigenvalue weighted by Crippen LogP contribution is -1.96. The summed E-state index contributed by atoms with van der Waals surface area (Å²) in [4.78, 5) is 8.68. The van der Waals surface area contributed by atoms with Gasteiger partial charge in [-0.3, -0.25) is 4.98 Å². The number of nitrogens with zero attached hydrogens (tertiary/aromatic N) is 2. The third-order valence-corrected chi connectivity index (χ3v) is 3.15.